The van der Waals surface area contributed by atoms with Gasteiger partial charge in [0.15, 0.2) is 0 Å². The zero-order valence-corrected chi connectivity index (χ0v) is 15.2. The van der Waals surface area contributed by atoms with Crippen molar-refractivity contribution in [1.29, 1.82) is 0 Å². The second-order valence-corrected chi connectivity index (χ2v) is 6.94. The van der Waals surface area contributed by atoms with Crippen molar-refractivity contribution in [2.75, 3.05) is 19.7 Å². The van der Waals surface area contributed by atoms with E-state index < -0.39 is 0 Å². The molecule has 1 aliphatic heterocycles. The molecule has 0 N–H and O–H groups in total. The molecule has 0 amide bonds. The zero-order chi connectivity index (χ0) is 17.6. The van der Waals surface area contributed by atoms with Crippen LogP contribution >= 0.6 is 0 Å². The molecule has 0 aromatic heterocycles. The van der Waals surface area contributed by atoms with Crippen molar-refractivity contribution in [3.63, 3.8) is 0 Å². The molecule has 2 aromatic rings. The molecule has 0 bridgehead atoms. The number of esters is 1. The number of carbonyl (C=O) groups excluding carboxylic acids is 1. The molecule has 2 aromatic carbocycles. The van der Waals surface area contributed by atoms with Crippen LogP contribution in [0.25, 0.3) is 11.1 Å². The van der Waals surface area contributed by atoms with E-state index in [-0.39, 0.29) is 5.97 Å². The number of likely N-dealkylation sites (tertiary alicyclic amines) is 1. The highest BCUT2D eigenvalue weighted by atomic mass is 16.5. The number of hydrogen-bond acceptors (Lipinski definition) is 3. The molecule has 1 fully saturated rings. The molecule has 1 atom stereocenters. The van der Waals surface area contributed by atoms with Crippen LogP contribution in [0.2, 0.25) is 0 Å². The van der Waals surface area contributed by atoms with Gasteiger partial charge in [0.2, 0.25) is 0 Å². The minimum atomic E-state index is -0.240. The molecule has 3 heteroatoms. The molecule has 0 spiro atoms. The van der Waals surface area contributed by atoms with Crippen molar-refractivity contribution < 1.29 is 9.53 Å². The third-order valence-corrected chi connectivity index (χ3v) is 4.84. The Morgan fingerprint density at radius 2 is 2.00 bits per heavy atom. The lowest BCUT2D eigenvalue weighted by Gasteiger charge is -2.31. The first-order chi connectivity index (χ1) is 12.2. The van der Waals surface area contributed by atoms with E-state index >= 15 is 0 Å². The predicted octanol–water partition coefficient (Wildman–Crippen LogP) is 4.76. The monoisotopic (exact) mass is 337 g/mol. The summed E-state index contributed by atoms with van der Waals surface area (Å²) in [6, 6.07) is 16.3. The predicted molar refractivity (Wildman–Crippen MR) is 102 cm³/mol. The van der Waals surface area contributed by atoms with E-state index in [1.165, 1.54) is 29.5 Å². The lowest BCUT2D eigenvalue weighted by molar-refractivity contribution is 0.0526. The van der Waals surface area contributed by atoms with Crippen LogP contribution in [0.4, 0.5) is 0 Å². The summed E-state index contributed by atoms with van der Waals surface area (Å²) in [5.41, 5.74) is 4.23. The van der Waals surface area contributed by atoms with Gasteiger partial charge < -0.3 is 4.74 Å². The maximum atomic E-state index is 12.2. The van der Waals surface area contributed by atoms with E-state index in [2.05, 4.69) is 42.2 Å². The van der Waals surface area contributed by atoms with Crippen molar-refractivity contribution in [2.45, 2.75) is 33.2 Å². The third-order valence-electron chi connectivity index (χ3n) is 4.84. The molecule has 132 valence electrons. The van der Waals surface area contributed by atoms with Gasteiger partial charge in [-0.05, 0) is 61.1 Å². The van der Waals surface area contributed by atoms with E-state index in [1.54, 1.807) is 0 Å². The highest BCUT2D eigenvalue weighted by molar-refractivity contribution is 5.90. The number of benzene rings is 2. The Morgan fingerprint density at radius 1 is 1.20 bits per heavy atom. The lowest BCUT2D eigenvalue weighted by atomic mass is 9.95. The van der Waals surface area contributed by atoms with Crippen molar-refractivity contribution in [2.24, 2.45) is 5.92 Å². The fourth-order valence-electron chi connectivity index (χ4n) is 3.64. The summed E-state index contributed by atoms with van der Waals surface area (Å²) in [5.74, 6) is 0.498. The summed E-state index contributed by atoms with van der Waals surface area (Å²) in [6.45, 7) is 7.69. The first kappa shape index (κ1) is 17.7. The van der Waals surface area contributed by atoms with Gasteiger partial charge in [-0.2, -0.15) is 0 Å². The summed E-state index contributed by atoms with van der Waals surface area (Å²) in [7, 11) is 0. The van der Waals surface area contributed by atoms with Gasteiger partial charge in [-0.25, -0.2) is 4.79 Å². The number of ether oxygens (including phenoxy) is 1. The van der Waals surface area contributed by atoms with Crippen LogP contribution in [-0.2, 0) is 11.3 Å². The molecule has 1 saturated heterocycles. The zero-order valence-electron chi connectivity index (χ0n) is 15.2. The lowest BCUT2D eigenvalue weighted by Crippen LogP contribution is -2.33. The standard InChI is InChI=1S/C22H27NO2/c1-3-25-22(24)19-11-12-21(18-9-5-4-6-10-18)20(14-19)16-23-13-7-8-17(2)15-23/h4-6,9-12,14,17H,3,7-8,13,15-16H2,1-2H3. The number of hydrogen-bond donors (Lipinski definition) is 0. The summed E-state index contributed by atoms with van der Waals surface area (Å²) >= 11 is 0. The van der Waals surface area contributed by atoms with Gasteiger partial charge in [-0.1, -0.05) is 43.3 Å². The summed E-state index contributed by atoms with van der Waals surface area (Å²) in [4.78, 5) is 14.7. The van der Waals surface area contributed by atoms with Gasteiger partial charge in [0.25, 0.3) is 0 Å². The normalized spacial score (nSPS) is 18.1. The van der Waals surface area contributed by atoms with E-state index in [1.807, 2.05) is 25.1 Å². The van der Waals surface area contributed by atoms with Crippen LogP contribution in [-0.4, -0.2) is 30.6 Å². The fraction of sp³-hybridized carbons (Fsp3) is 0.409. The first-order valence-electron chi connectivity index (χ1n) is 9.25. The molecule has 1 heterocycles. The third kappa shape index (κ3) is 4.49. The molecule has 0 radical (unpaired) electrons. The Hall–Kier alpha value is -2.13. The minimum Gasteiger partial charge on any atom is -0.462 e. The van der Waals surface area contributed by atoms with Gasteiger partial charge in [0, 0.05) is 13.1 Å². The molecular weight excluding hydrogens is 310 g/mol. The molecule has 3 nitrogen and oxygen atoms in total. The second kappa shape index (κ2) is 8.30. The van der Waals surface area contributed by atoms with Crippen LogP contribution in [0, 0.1) is 5.92 Å². The maximum absolute atomic E-state index is 12.2. The largest absolute Gasteiger partial charge is 0.462 e. The van der Waals surface area contributed by atoms with Gasteiger partial charge in [0.05, 0.1) is 12.2 Å². The minimum absolute atomic E-state index is 0.240. The Morgan fingerprint density at radius 3 is 2.72 bits per heavy atom. The molecule has 1 unspecified atom stereocenters. The maximum Gasteiger partial charge on any atom is 0.338 e. The fourth-order valence-corrected chi connectivity index (χ4v) is 3.64. The summed E-state index contributed by atoms with van der Waals surface area (Å²) in [6.07, 6.45) is 2.56. The summed E-state index contributed by atoms with van der Waals surface area (Å²) in [5, 5.41) is 0. The van der Waals surface area contributed by atoms with E-state index in [0.29, 0.717) is 12.2 Å². The molecule has 3 rings (SSSR count). The van der Waals surface area contributed by atoms with Crippen molar-refractivity contribution in [3.8, 4) is 11.1 Å². The average molecular weight is 337 g/mol. The number of nitrogens with zero attached hydrogens (tertiary/aromatic N) is 1. The molecule has 25 heavy (non-hydrogen) atoms. The number of piperidine rings is 1. The molecule has 0 saturated carbocycles. The number of carbonyl (C=O) groups is 1. The van der Waals surface area contributed by atoms with Crippen molar-refractivity contribution in [1.82, 2.24) is 4.90 Å². The Labute approximate surface area is 150 Å². The Bertz CT molecular complexity index is 711. The van der Waals surface area contributed by atoms with Gasteiger partial charge in [-0.15, -0.1) is 0 Å². The second-order valence-electron chi connectivity index (χ2n) is 6.94. The SMILES string of the molecule is CCOC(=O)c1ccc(-c2ccccc2)c(CN2CCCC(C)C2)c1. The van der Waals surface area contributed by atoms with Crippen LogP contribution in [0.1, 0.15) is 42.6 Å². The highest BCUT2D eigenvalue weighted by Gasteiger charge is 2.19. The topological polar surface area (TPSA) is 29.5 Å². The van der Waals surface area contributed by atoms with E-state index in [9.17, 15) is 4.79 Å². The first-order valence-corrected chi connectivity index (χ1v) is 9.25. The van der Waals surface area contributed by atoms with Gasteiger partial charge in [-0.3, -0.25) is 4.90 Å². The molecule has 1 aliphatic rings. The molecular formula is C22H27NO2. The van der Waals surface area contributed by atoms with Crippen LogP contribution in [0.5, 0.6) is 0 Å². The Kier molecular flexibility index (Phi) is 5.87. The molecule has 0 aliphatic carbocycles. The van der Waals surface area contributed by atoms with Crippen LogP contribution in [0.3, 0.4) is 0 Å². The highest BCUT2D eigenvalue weighted by Crippen LogP contribution is 2.28. The van der Waals surface area contributed by atoms with Gasteiger partial charge in [0.1, 0.15) is 0 Å². The van der Waals surface area contributed by atoms with E-state index in [4.69, 9.17) is 4.74 Å². The van der Waals surface area contributed by atoms with Gasteiger partial charge >= 0.3 is 5.97 Å². The van der Waals surface area contributed by atoms with Crippen molar-refractivity contribution in [3.05, 3.63) is 59.7 Å². The quantitative estimate of drug-likeness (QED) is 0.737. The Balaban J connectivity index is 1.92. The van der Waals surface area contributed by atoms with Crippen molar-refractivity contribution >= 4 is 5.97 Å². The van der Waals surface area contributed by atoms with Crippen LogP contribution in [0.15, 0.2) is 48.5 Å². The van der Waals surface area contributed by atoms with E-state index in [0.717, 1.165) is 25.6 Å². The summed E-state index contributed by atoms with van der Waals surface area (Å²) < 4.78 is 5.18. The number of rotatable bonds is 5. The average Bonchev–Trinajstić information content (AvgIpc) is 2.63. The van der Waals surface area contributed by atoms with Crippen LogP contribution < -0.4 is 0 Å². The smallest absolute Gasteiger partial charge is 0.338 e.